The van der Waals surface area contributed by atoms with Crippen molar-refractivity contribution in [1.82, 2.24) is 20.1 Å². The number of aromatic nitrogens is 3. The number of carbonyl (C=O) groups is 1. The number of nitrogens with zero attached hydrogens (tertiary/aromatic N) is 3. The van der Waals surface area contributed by atoms with E-state index < -0.39 is 0 Å². The van der Waals surface area contributed by atoms with Crippen LogP contribution < -0.4 is 5.32 Å². The molecule has 0 aliphatic heterocycles. The molecule has 0 saturated heterocycles. The highest BCUT2D eigenvalue weighted by atomic mass is 16.1. The molecule has 0 aliphatic rings. The van der Waals surface area contributed by atoms with E-state index in [1.54, 1.807) is 23.1 Å². The van der Waals surface area contributed by atoms with Crippen molar-refractivity contribution in [2.45, 2.75) is 5.92 Å². The fourth-order valence-electron chi connectivity index (χ4n) is 3.20. The third-order valence-electron chi connectivity index (χ3n) is 4.68. The van der Waals surface area contributed by atoms with E-state index in [4.69, 9.17) is 0 Å². The predicted octanol–water partition coefficient (Wildman–Crippen LogP) is 3.83. The molecule has 0 saturated carbocycles. The van der Waals surface area contributed by atoms with Gasteiger partial charge in [0.2, 0.25) is 0 Å². The average Bonchev–Trinajstić information content (AvgIpc) is 3.30. The Bertz CT molecular complexity index is 974. The summed E-state index contributed by atoms with van der Waals surface area (Å²) in [5.74, 6) is 0.00257. The lowest BCUT2D eigenvalue weighted by molar-refractivity contribution is 0.0952. The van der Waals surface area contributed by atoms with E-state index in [9.17, 15) is 4.79 Å². The summed E-state index contributed by atoms with van der Waals surface area (Å²) in [7, 11) is 0. The first-order valence-electron chi connectivity index (χ1n) is 9.14. The van der Waals surface area contributed by atoms with Crippen molar-refractivity contribution in [2.24, 2.45) is 0 Å². The molecule has 0 spiro atoms. The van der Waals surface area contributed by atoms with Gasteiger partial charge in [0.05, 0.1) is 5.69 Å². The van der Waals surface area contributed by atoms with Crippen LogP contribution in [0, 0.1) is 0 Å². The summed E-state index contributed by atoms with van der Waals surface area (Å²) in [6.45, 7) is 0.525. The SMILES string of the molecule is O=C(NCC(c1ccccc1)c1ccccc1)c1ccc(-n2cncn2)cc1. The second kappa shape index (κ2) is 8.31. The van der Waals surface area contributed by atoms with Crippen LogP contribution in [0.25, 0.3) is 5.69 Å². The molecule has 28 heavy (non-hydrogen) atoms. The Labute approximate surface area is 163 Å². The van der Waals surface area contributed by atoms with E-state index >= 15 is 0 Å². The van der Waals surface area contributed by atoms with E-state index in [0.717, 1.165) is 5.69 Å². The Hall–Kier alpha value is -3.73. The van der Waals surface area contributed by atoms with Gasteiger partial charge in [-0.2, -0.15) is 5.10 Å². The van der Waals surface area contributed by atoms with Crippen LogP contribution in [0.5, 0.6) is 0 Å². The fraction of sp³-hybridized carbons (Fsp3) is 0.0870. The van der Waals surface area contributed by atoms with E-state index in [2.05, 4.69) is 39.7 Å². The highest BCUT2D eigenvalue weighted by molar-refractivity contribution is 5.94. The molecule has 5 nitrogen and oxygen atoms in total. The van der Waals surface area contributed by atoms with E-state index in [0.29, 0.717) is 12.1 Å². The molecule has 5 heteroatoms. The second-order valence-corrected chi connectivity index (χ2v) is 6.47. The molecule has 1 heterocycles. The van der Waals surface area contributed by atoms with E-state index in [-0.39, 0.29) is 11.8 Å². The maximum absolute atomic E-state index is 12.7. The van der Waals surface area contributed by atoms with Crippen LogP contribution in [-0.4, -0.2) is 27.2 Å². The molecular weight excluding hydrogens is 348 g/mol. The van der Waals surface area contributed by atoms with Crippen LogP contribution in [-0.2, 0) is 0 Å². The second-order valence-electron chi connectivity index (χ2n) is 6.47. The first-order chi connectivity index (χ1) is 13.8. The maximum atomic E-state index is 12.7. The van der Waals surface area contributed by atoms with Gasteiger partial charge in [-0.3, -0.25) is 4.79 Å². The smallest absolute Gasteiger partial charge is 0.251 e. The van der Waals surface area contributed by atoms with Gasteiger partial charge < -0.3 is 5.32 Å². The Kier molecular flexibility index (Phi) is 5.24. The van der Waals surface area contributed by atoms with Crippen LogP contribution in [0.4, 0.5) is 0 Å². The van der Waals surface area contributed by atoms with Crippen molar-refractivity contribution in [3.05, 3.63) is 114 Å². The summed E-state index contributed by atoms with van der Waals surface area (Å²) < 4.78 is 1.66. The monoisotopic (exact) mass is 368 g/mol. The van der Waals surface area contributed by atoms with Crippen molar-refractivity contribution in [1.29, 1.82) is 0 Å². The molecule has 0 bridgehead atoms. The lowest BCUT2D eigenvalue weighted by Gasteiger charge is -2.19. The van der Waals surface area contributed by atoms with Gasteiger partial charge in [0.1, 0.15) is 12.7 Å². The Morgan fingerprint density at radius 2 is 1.46 bits per heavy atom. The molecule has 0 radical (unpaired) electrons. The first-order valence-corrected chi connectivity index (χ1v) is 9.14. The normalized spacial score (nSPS) is 10.8. The number of rotatable bonds is 6. The number of nitrogens with one attached hydrogen (secondary N) is 1. The quantitative estimate of drug-likeness (QED) is 0.563. The molecule has 138 valence electrons. The number of hydrogen-bond acceptors (Lipinski definition) is 3. The zero-order valence-corrected chi connectivity index (χ0v) is 15.3. The maximum Gasteiger partial charge on any atom is 0.251 e. The average molecular weight is 368 g/mol. The van der Waals surface area contributed by atoms with Gasteiger partial charge in [-0.15, -0.1) is 0 Å². The topological polar surface area (TPSA) is 59.8 Å². The van der Waals surface area contributed by atoms with Gasteiger partial charge in [0.25, 0.3) is 5.91 Å². The third kappa shape index (κ3) is 3.99. The molecule has 1 N–H and O–H groups in total. The van der Waals surface area contributed by atoms with Gasteiger partial charge in [-0.05, 0) is 35.4 Å². The van der Waals surface area contributed by atoms with Crippen molar-refractivity contribution < 1.29 is 4.79 Å². The lowest BCUT2D eigenvalue weighted by atomic mass is 9.91. The minimum Gasteiger partial charge on any atom is -0.351 e. The fourth-order valence-corrected chi connectivity index (χ4v) is 3.20. The molecule has 4 aromatic rings. The van der Waals surface area contributed by atoms with Gasteiger partial charge in [-0.25, -0.2) is 9.67 Å². The number of hydrogen-bond donors (Lipinski definition) is 1. The van der Waals surface area contributed by atoms with Gasteiger partial charge in [-0.1, -0.05) is 60.7 Å². The highest BCUT2D eigenvalue weighted by Crippen LogP contribution is 2.23. The Morgan fingerprint density at radius 3 is 2.00 bits per heavy atom. The largest absolute Gasteiger partial charge is 0.351 e. The van der Waals surface area contributed by atoms with Gasteiger partial charge in [0, 0.05) is 18.0 Å². The zero-order valence-electron chi connectivity index (χ0n) is 15.3. The lowest BCUT2D eigenvalue weighted by Crippen LogP contribution is -2.28. The summed E-state index contributed by atoms with van der Waals surface area (Å²) in [4.78, 5) is 16.6. The molecule has 0 unspecified atom stereocenters. The zero-order chi connectivity index (χ0) is 19.2. The van der Waals surface area contributed by atoms with Crippen molar-refractivity contribution in [3.8, 4) is 5.69 Å². The highest BCUT2D eigenvalue weighted by Gasteiger charge is 2.15. The molecule has 0 atom stereocenters. The molecule has 0 aliphatic carbocycles. The van der Waals surface area contributed by atoms with E-state index in [1.165, 1.54) is 17.5 Å². The van der Waals surface area contributed by atoms with Crippen molar-refractivity contribution in [2.75, 3.05) is 6.54 Å². The van der Waals surface area contributed by atoms with Crippen LogP contribution in [0.15, 0.2) is 97.6 Å². The summed E-state index contributed by atoms with van der Waals surface area (Å²) in [6, 6.07) is 27.8. The predicted molar refractivity (Wildman–Crippen MR) is 108 cm³/mol. The number of carbonyl (C=O) groups excluding carboxylic acids is 1. The molecule has 3 aromatic carbocycles. The number of amides is 1. The van der Waals surface area contributed by atoms with Crippen LogP contribution in [0.2, 0.25) is 0 Å². The third-order valence-corrected chi connectivity index (χ3v) is 4.68. The van der Waals surface area contributed by atoms with Crippen LogP contribution in [0.3, 0.4) is 0 Å². The Balaban J connectivity index is 1.48. The molecular formula is C23H20N4O. The van der Waals surface area contributed by atoms with Gasteiger partial charge in [0.15, 0.2) is 0 Å². The van der Waals surface area contributed by atoms with E-state index in [1.807, 2.05) is 48.5 Å². The molecule has 1 amide bonds. The van der Waals surface area contributed by atoms with Crippen LogP contribution >= 0.6 is 0 Å². The molecule has 1 aromatic heterocycles. The van der Waals surface area contributed by atoms with Crippen molar-refractivity contribution >= 4 is 5.91 Å². The molecule has 4 rings (SSSR count). The first kappa shape index (κ1) is 17.7. The minimum atomic E-state index is -0.0954. The summed E-state index contributed by atoms with van der Waals surface area (Å²) in [6.07, 6.45) is 3.10. The summed E-state index contributed by atoms with van der Waals surface area (Å²) >= 11 is 0. The van der Waals surface area contributed by atoms with Gasteiger partial charge >= 0.3 is 0 Å². The standard InChI is InChI=1S/C23H20N4O/c28-23(20-11-13-21(14-12-20)27-17-24-16-26-27)25-15-22(18-7-3-1-4-8-18)19-9-5-2-6-10-19/h1-14,16-17,22H,15H2,(H,25,28). The summed E-state index contributed by atoms with van der Waals surface area (Å²) in [5.41, 5.74) is 3.83. The Morgan fingerprint density at radius 1 is 0.857 bits per heavy atom. The number of benzene rings is 3. The minimum absolute atomic E-state index is 0.0954. The summed E-state index contributed by atoms with van der Waals surface area (Å²) in [5, 5.41) is 7.17. The molecule has 0 fully saturated rings. The van der Waals surface area contributed by atoms with Crippen molar-refractivity contribution in [3.63, 3.8) is 0 Å². The van der Waals surface area contributed by atoms with Crippen LogP contribution in [0.1, 0.15) is 27.4 Å².